The largest absolute Gasteiger partial charge is 0.356 e. The molecule has 1 amide bonds. The topological polar surface area (TPSA) is 54.3 Å². The first-order valence-corrected chi connectivity index (χ1v) is 13.3. The van der Waals surface area contributed by atoms with E-state index in [0.29, 0.717) is 5.92 Å². The maximum absolute atomic E-state index is 13.5. The number of benzene rings is 2. The Labute approximate surface area is 215 Å². The van der Waals surface area contributed by atoms with Crippen LogP contribution in [0, 0.1) is 19.8 Å². The van der Waals surface area contributed by atoms with Crippen LogP contribution in [-0.4, -0.2) is 32.8 Å². The first-order chi connectivity index (χ1) is 16.9. The Balaban J connectivity index is 1.36. The van der Waals surface area contributed by atoms with Gasteiger partial charge in [0.2, 0.25) is 5.91 Å². The lowest BCUT2D eigenvalue weighted by Gasteiger charge is -2.43. The van der Waals surface area contributed by atoms with Crippen molar-refractivity contribution in [2.45, 2.75) is 38.0 Å². The zero-order valence-corrected chi connectivity index (χ0v) is 21.6. The molecule has 1 saturated heterocycles. The molecule has 0 unspecified atom stereocenters. The highest BCUT2D eigenvalue weighted by atomic mass is 32.2. The Hall–Kier alpha value is -2.90. The van der Waals surface area contributed by atoms with Crippen LogP contribution >= 0.6 is 24.0 Å². The number of hydrogen-bond acceptors (Lipinski definition) is 4. The van der Waals surface area contributed by atoms with Gasteiger partial charge in [-0.1, -0.05) is 72.5 Å². The van der Waals surface area contributed by atoms with Gasteiger partial charge < -0.3 is 14.8 Å². The van der Waals surface area contributed by atoms with E-state index in [1.54, 1.807) is 6.07 Å². The van der Waals surface area contributed by atoms with E-state index < -0.39 is 5.25 Å². The summed E-state index contributed by atoms with van der Waals surface area (Å²) in [5.74, 6) is 0.569. The number of fused-ring (bicyclic) bond motifs is 4. The van der Waals surface area contributed by atoms with Crippen molar-refractivity contribution in [2.75, 3.05) is 18.4 Å². The number of hydrogen-bond donors (Lipinski definition) is 1. The molecule has 1 N–H and O–H groups in total. The second kappa shape index (κ2) is 9.99. The fourth-order valence-electron chi connectivity index (χ4n) is 5.19. The Kier molecular flexibility index (Phi) is 6.80. The third-order valence-corrected chi connectivity index (χ3v) is 8.68. The third kappa shape index (κ3) is 5.07. The molecule has 5 rings (SSSR count). The lowest BCUT2D eigenvalue weighted by molar-refractivity contribution is -0.115. The van der Waals surface area contributed by atoms with E-state index in [9.17, 15) is 9.59 Å². The third-order valence-electron chi connectivity index (χ3n) is 6.95. The van der Waals surface area contributed by atoms with Crippen LogP contribution in [0.1, 0.15) is 40.0 Å². The summed E-state index contributed by atoms with van der Waals surface area (Å²) in [4.78, 5) is 28.1. The fourth-order valence-corrected chi connectivity index (χ4v) is 6.59. The Morgan fingerprint density at radius 2 is 1.83 bits per heavy atom. The maximum Gasteiger partial charge on any atom is 0.250 e. The van der Waals surface area contributed by atoms with Crippen molar-refractivity contribution in [2.24, 2.45) is 5.92 Å². The van der Waals surface area contributed by atoms with E-state index >= 15 is 0 Å². The van der Waals surface area contributed by atoms with Crippen molar-refractivity contribution in [3.63, 3.8) is 0 Å². The molecule has 3 aromatic rings. The number of aromatic nitrogens is 1. The minimum Gasteiger partial charge on any atom is -0.356 e. The molecule has 3 atom stereocenters. The molecule has 7 heteroatoms. The Morgan fingerprint density at radius 3 is 2.63 bits per heavy atom. The van der Waals surface area contributed by atoms with Gasteiger partial charge in [0, 0.05) is 43.0 Å². The number of piperidine rings is 1. The summed E-state index contributed by atoms with van der Waals surface area (Å²) in [6, 6.07) is 21.5. The van der Waals surface area contributed by atoms with E-state index in [1.165, 1.54) is 11.8 Å². The predicted molar refractivity (Wildman–Crippen MR) is 147 cm³/mol. The van der Waals surface area contributed by atoms with Gasteiger partial charge in [0.25, 0.3) is 5.56 Å². The van der Waals surface area contributed by atoms with Crippen LogP contribution < -0.4 is 10.9 Å². The van der Waals surface area contributed by atoms with Crippen molar-refractivity contribution in [3.8, 4) is 0 Å². The van der Waals surface area contributed by atoms with Gasteiger partial charge in [0.05, 0.1) is 0 Å². The molecule has 35 heavy (non-hydrogen) atoms. The summed E-state index contributed by atoms with van der Waals surface area (Å²) >= 11 is 7.36. The first-order valence-electron chi connectivity index (χ1n) is 12.0. The quantitative estimate of drug-likeness (QED) is 0.491. The zero-order valence-electron chi connectivity index (χ0n) is 19.9. The molecule has 5 nitrogen and oxygen atoms in total. The summed E-state index contributed by atoms with van der Waals surface area (Å²) in [5.41, 5.74) is 5.06. The van der Waals surface area contributed by atoms with E-state index in [-0.39, 0.29) is 17.4 Å². The molecule has 2 bridgehead atoms. The number of aryl methyl sites for hydroxylation is 2. The first kappa shape index (κ1) is 23.8. The summed E-state index contributed by atoms with van der Waals surface area (Å²) < 4.78 is 2.66. The molecular weight excluding hydrogens is 474 g/mol. The number of carbonyl (C=O) groups is 1. The van der Waals surface area contributed by atoms with Gasteiger partial charge in [-0.25, -0.2) is 0 Å². The molecule has 1 fully saturated rings. The number of pyridine rings is 1. The van der Waals surface area contributed by atoms with Gasteiger partial charge >= 0.3 is 0 Å². The number of carbonyl (C=O) groups excluding carboxylic acids is 1. The highest BCUT2D eigenvalue weighted by molar-refractivity contribution is 8.23. The normalized spacial score (nSPS) is 19.5. The number of likely N-dealkylation sites (tertiary alicyclic amines) is 1. The summed E-state index contributed by atoms with van der Waals surface area (Å²) in [7, 11) is 0. The molecule has 3 heterocycles. The molecule has 0 spiro atoms. The lowest BCUT2D eigenvalue weighted by Crippen LogP contribution is -2.48. The van der Waals surface area contributed by atoms with Crippen LogP contribution in [0.3, 0.4) is 0 Å². The molecule has 1 aromatic heterocycles. The number of nitrogens with one attached hydrogen (secondary N) is 1. The van der Waals surface area contributed by atoms with E-state index in [0.717, 1.165) is 58.4 Å². The van der Waals surface area contributed by atoms with Crippen molar-refractivity contribution in [3.05, 3.63) is 99.5 Å². The second-order valence-corrected chi connectivity index (χ2v) is 11.3. The van der Waals surface area contributed by atoms with Crippen molar-refractivity contribution in [1.82, 2.24) is 9.47 Å². The van der Waals surface area contributed by atoms with Crippen LogP contribution in [0.5, 0.6) is 0 Å². The van der Waals surface area contributed by atoms with Gasteiger partial charge in [0.1, 0.15) is 9.57 Å². The minimum absolute atomic E-state index is 0.0775. The van der Waals surface area contributed by atoms with Crippen LogP contribution in [0.4, 0.5) is 5.69 Å². The van der Waals surface area contributed by atoms with Crippen LogP contribution in [0.2, 0.25) is 0 Å². The van der Waals surface area contributed by atoms with E-state index in [1.807, 2.05) is 73.0 Å². The zero-order chi connectivity index (χ0) is 24.5. The standard InChI is InChI=1S/C28H29N3O2S2/c1-18-11-12-19(2)23(13-18)29-27(33)26(21-7-4-3-5-8-21)35-28(34)30-15-20-14-22(17-30)24-9-6-10-25(32)31(24)16-20/h3-13,20,22,26H,14-17H2,1-2H3,(H,29,33)/t20-,22+,26+/m1/s1. The summed E-state index contributed by atoms with van der Waals surface area (Å²) in [6.07, 6.45) is 1.07. The van der Waals surface area contributed by atoms with E-state index in [2.05, 4.69) is 16.3 Å². The van der Waals surface area contributed by atoms with Gasteiger partial charge in [-0.2, -0.15) is 0 Å². The monoisotopic (exact) mass is 503 g/mol. The average Bonchev–Trinajstić information content (AvgIpc) is 2.85. The number of thiocarbonyl (C=S) groups is 1. The second-order valence-electron chi connectivity index (χ2n) is 9.59. The van der Waals surface area contributed by atoms with Gasteiger partial charge in [0.15, 0.2) is 0 Å². The van der Waals surface area contributed by atoms with Gasteiger partial charge in [-0.15, -0.1) is 0 Å². The van der Waals surface area contributed by atoms with Crippen molar-refractivity contribution < 1.29 is 4.79 Å². The molecule has 180 valence electrons. The fraction of sp³-hybridized carbons (Fsp3) is 0.321. The molecular formula is C28H29N3O2S2. The van der Waals surface area contributed by atoms with Crippen molar-refractivity contribution in [1.29, 1.82) is 0 Å². The smallest absolute Gasteiger partial charge is 0.250 e. The molecule has 2 aromatic carbocycles. The molecule has 0 radical (unpaired) electrons. The number of amides is 1. The lowest BCUT2D eigenvalue weighted by atomic mass is 9.83. The minimum atomic E-state index is -0.458. The highest BCUT2D eigenvalue weighted by Gasteiger charge is 2.36. The Bertz CT molecular complexity index is 1320. The van der Waals surface area contributed by atoms with Crippen LogP contribution in [0.15, 0.2) is 71.5 Å². The average molecular weight is 504 g/mol. The SMILES string of the molecule is Cc1ccc(C)c(NC(=O)[C@@H](SC(=S)N2C[C@H]3C[C@@H](C2)c2cccc(=O)n2C3)c2ccccc2)c1. The predicted octanol–water partition coefficient (Wildman–Crippen LogP) is 5.28. The maximum atomic E-state index is 13.5. The Morgan fingerprint density at radius 1 is 1.03 bits per heavy atom. The van der Waals surface area contributed by atoms with Gasteiger partial charge in [-0.05, 0) is 55.0 Å². The van der Waals surface area contributed by atoms with Crippen LogP contribution in [0.25, 0.3) is 0 Å². The summed E-state index contributed by atoms with van der Waals surface area (Å²) in [5, 5.41) is 2.68. The molecule has 0 saturated carbocycles. The number of rotatable bonds is 4. The van der Waals surface area contributed by atoms with Gasteiger partial charge in [-0.3, -0.25) is 9.59 Å². The number of thioether (sulfide) groups is 1. The van der Waals surface area contributed by atoms with E-state index in [4.69, 9.17) is 12.2 Å². The highest BCUT2D eigenvalue weighted by Crippen LogP contribution is 2.39. The summed E-state index contributed by atoms with van der Waals surface area (Å²) in [6.45, 7) is 6.33. The van der Waals surface area contributed by atoms with Crippen LogP contribution in [-0.2, 0) is 11.3 Å². The molecule has 2 aliphatic heterocycles. The number of anilines is 1. The molecule has 0 aliphatic carbocycles. The number of nitrogens with zero attached hydrogens (tertiary/aromatic N) is 2. The molecule has 2 aliphatic rings. The van der Waals surface area contributed by atoms with Crippen molar-refractivity contribution >= 4 is 39.9 Å².